The van der Waals surface area contributed by atoms with Crippen LogP contribution in [0.3, 0.4) is 0 Å². The quantitative estimate of drug-likeness (QED) is 0.493. The third-order valence-electron chi connectivity index (χ3n) is 4.39. The molecule has 146 valence electrons. The highest BCUT2D eigenvalue weighted by Crippen LogP contribution is 2.29. The number of amides is 1. The predicted octanol–water partition coefficient (Wildman–Crippen LogP) is 3.61. The summed E-state index contributed by atoms with van der Waals surface area (Å²) in [6.07, 6.45) is 3.75. The lowest BCUT2D eigenvalue weighted by Gasteiger charge is -2.08. The molecule has 0 unspecified atom stereocenters. The normalized spacial score (nSPS) is 10.7. The van der Waals surface area contributed by atoms with Crippen LogP contribution in [0.4, 0.5) is 11.4 Å². The van der Waals surface area contributed by atoms with Gasteiger partial charge >= 0.3 is 0 Å². The largest absolute Gasteiger partial charge is 0.495 e. The molecule has 0 atom stereocenters. The summed E-state index contributed by atoms with van der Waals surface area (Å²) in [7, 11) is 1.58. The second kappa shape index (κ2) is 7.93. The van der Waals surface area contributed by atoms with Crippen LogP contribution in [-0.4, -0.2) is 29.0 Å². The van der Waals surface area contributed by atoms with E-state index in [1.54, 1.807) is 19.2 Å². The highest BCUT2D eigenvalue weighted by atomic mass is 16.5. The van der Waals surface area contributed by atoms with E-state index in [9.17, 15) is 4.79 Å². The Kier molecular flexibility index (Phi) is 5.03. The van der Waals surface area contributed by atoms with E-state index >= 15 is 0 Å². The smallest absolute Gasteiger partial charge is 0.262 e. The summed E-state index contributed by atoms with van der Waals surface area (Å²) in [4.78, 5) is 16.8. The van der Waals surface area contributed by atoms with Crippen LogP contribution in [0, 0.1) is 0 Å². The highest BCUT2D eigenvalue weighted by molar-refractivity contribution is 5.91. The number of pyridine rings is 1. The zero-order chi connectivity index (χ0) is 20.2. The van der Waals surface area contributed by atoms with E-state index in [2.05, 4.69) is 10.3 Å². The van der Waals surface area contributed by atoms with Crippen molar-refractivity contribution in [3.05, 3.63) is 73.1 Å². The van der Waals surface area contributed by atoms with Gasteiger partial charge in [0, 0.05) is 23.6 Å². The number of hydrogen-bond donors (Lipinski definition) is 2. The van der Waals surface area contributed by atoms with Crippen LogP contribution in [0.25, 0.3) is 16.9 Å². The zero-order valence-corrected chi connectivity index (χ0v) is 15.8. The molecule has 7 heteroatoms. The van der Waals surface area contributed by atoms with Gasteiger partial charge in [-0.2, -0.15) is 0 Å². The number of nitrogens with two attached hydrogens (primary N) is 1. The molecule has 0 fully saturated rings. The van der Waals surface area contributed by atoms with E-state index in [1.807, 2.05) is 65.3 Å². The number of carbonyl (C=O) groups is 1. The fourth-order valence-corrected chi connectivity index (χ4v) is 2.99. The summed E-state index contributed by atoms with van der Waals surface area (Å²) in [5.41, 5.74) is 9.48. The van der Waals surface area contributed by atoms with Crippen LogP contribution in [0.2, 0.25) is 0 Å². The van der Waals surface area contributed by atoms with Crippen molar-refractivity contribution < 1.29 is 14.3 Å². The Labute approximate surface area is 167 Å². The summed E-state index contributed by atoms with van der Waals surface area (Å²) in [5, 5.41) is 2.79. The van der Waals surface area contributed by atoms with Crippen LogP contribution >= 0.6 is 0 Å². The first-order valence-corrected chi connectivity index (χ1v) is 9.03. The first kappa shape index (κ1) is 18.4. The Morgan fingerprint density at radius 1 is 1.10 bits per heavy atom. The van der Waals surface area contributed by atoms with Crippen molar-refractivity contribution in [3.63, 3.8) is 0 Å². The van der Waals surface area contributed by atoms with Gasteiger partial charge in [0.1, 0.15) is 5.75 Å². The molecule has 2 aromatic carbocycles. The van der Waals surface area contributed by atoms with Crippen LogP contribution in [0.1, 0.15) is 0 Å². The number of nitrogens with one attached hydrogen (secondary N) is 1. The number of hydrogen-bond acceptors (Lipinski definition) is 5. The van der Waals surface area contributed by atoms with Gasteiger partial charge in [-0.15, -0.1) is 0 Å². The molecule has 0 aliphatic carbocycles. The molecule has 0 bridgehead atoms. The van der Waals surface area contributed by atoms with Gasteiger partial charge in [-0.25, -0.2) is 4.98 Å². The number of nitrogens with zero attached hydrogens (tertiary/aromatic N) is 2. The van der Waals surface area contributed by atoms with E-state index in [1.165, 1.54) is 0 Å². The minimum Gasteiger partial charge on any atom is -0.495 e. The second-order valence-electron chi connectivity index (χ2n) is 6.39. The van der Waals surface area contributed by atoms with Gasteiger partial charge < -0.3 is 24.9 Å². The number of anilines is 2. The molecule has 0 radical (unpaired) electrons. The van der Waals surface area contributed by atoms with Crippen molar-refractivity contribution in [2.45, 2.75) is 0 Å². The fraction of sp³-hybridized carbons (Fsp3) is 0.0909. The Hall–Kier alpha value is -4.00. The van der Waals surface area contributed by atoms with Crippen LogP contribution < -0.4 is 20.5 Å². The van der Waals surface area contributed by atoms with Crippen molar-refractivity contribution in [2.75, 3.05) is 24.8 Å². The van der Waals surface area contributed by atoms with E-state index < -0.39 is 0 Å². The molecule has 1 amide bonds. The number of carbonyl (C=O) groups excluding carboxylic acids is 1. The number of para-hydroxylation sites is 1. The van der Waals surface area contributed by atoms with Crippen LogP contribution in [0.15, 0.2) is 73.1 Å². The molecule has 7 nitrogen and oxygen atoms in total. The molecule has 0 saturated carbocycles. The lowest BCUT2D eigenvalue weighted by Crippen LogP contribution is -2.20. The Bertz CT molecular complexity index is 1160. The maximum Gasteiger partial charge on any atom is 0.262 e. The molecule has 29 heavy (non-hydrogen) atoms. The van der Waals surface area contributed by atoms with Gasteiger partial charge in [0.25, 0.3) is 5.91 Å². The Morgan fingerprint density at radius 2 is 1.93 bits per heavy atom. The molecule has 3 N–H and O–H groups in total. The van der Waals surface area contributed by atoms with E-state index in [4.69, 9.17) is 15.2 Å². The molecule has 0 spiro atoms. The Balaban J connectivity index is 1.53. The fourth-order valence-electron chi connectivity index (χ4n) is 2.99. The first-order valence-electron chi connectivity index (χ1n) is 9.03. The molecular weight excluding hydrogens is 368 g/mol. The van der Waals surface area contributed by atoms with Crippen molar-refractivity contribution in [3.8, 4) is 22.8 Å². The minimum atomic E-state index is -0.243. The summed E-state index contributed by atoms with van der Waals surface area (Å²) in [5.74, 6) is 0.891. The maximum absolute atomic E-state index is 12.2. The molecule has 0 saturated heterocycles. The van der Waals surface area contributed by atoms with Gasteiger partial charge in [0.2, 0.25) is 0 Å². The van der Waals surface area contributed by atoms with E-state index in [0.717, 1.165) is 16.9 Å². The van der Waals surface area contributed by atoms with Crippen molar-refractivity contribution in [1.82, 2.24) is 9.38 Å². The summed E-state index contributed by atoms with van der Waals surface area (Å²) >= 11 is 0. The topological polar surface area (TPSA) is 90.9 Å². The zero-order valence-electron chi connectivity index (χ0n) is 15.8. The van der Waals surface area contributed by atoms with E-state index in [-0.39, 0.29) is 12.5 Å². The van der Waals surface area contributed by atoms with Gasteiger partial charge in [0.15, 0.2) is 18.0 Å². The van der Waals surface area contributed by atoms with Crippen LogP contribution in [0.5, 0.6) is 11.5 Å². The molecule has 0 aliphatic rings. The summed E-state index contributed by atoms with van der Waals surface area (Å²) in [6.45, 7) is -0.119. The first-order chi connectivity index (χ1) is 14.1. The molecule has 4 aromatic rings. The Morgan fingerprint density at radius 3 is 2.69 bits per heavy atom. The molecular formula is C22H20N4O3. The highest BCUT2D eigenvalue weighted by Gasteiger charge is 2.12. The molecule has 0 aliphatic heterocycles. The predicted molar refractivity (Wildman–Crippen MR) is 112 cm³/mol. The number of nitrogen functional groups attached to an aromatic ring is 1. The SMILES string of the molecule is COc1ccc(-c2cn3cccc(OCC(=O)Nc4ccccc4)c3n2)cc1N. The standard InChI is InChI=1S/C22H20N4O3/c1-28-19-10-9-15(12-17(19)23)18-13-26-11-5-8-20(22(26)25-18)29-14-21(27)24-16-6-3-2-4-7-16/h2-13H,14,23H2,1H3,(H,24,27). The number of fused-ring (bicyclic) bond motifs is 1. The lowest BCUT2D eigenvalue weighted by atomic mass is 10.1. The third kappa shape index (κ3) is 3.98. The van der Waals surface area contributed by atoms with Crippen molar-refractivity contribution in [1.29, 1.82) is 0 Å². The number of ether oxygens (including phenoxy) is 2. The van der Waals surface area contributed by atoms with Gasteiger partial charge in [-0.05, 0) is 42.5 Å². The average Bonchev–Trinajstić information content (AvgIpc) is 3.18. The molecule has 4 rings (SSSR count). The summed E-state index contributed by atoms with van der Waals surface area (Å²) in [6, 6.07) is 18.4. The second-order valence-corrected chi connectivity index (χ2v) is 6.39. The maximum atomic E-state index is 12.2. The minimum absolute atomic E-state index is 0.119. The molecule has 2 aromatic heterocycles. The number of aromatic nitrogens is 2. The third-order valence-corrected chi connectivity index (χ3v) is 4.39. The van der Waals surface area contributed by atoms with Crippen molar-refractivity contribution in [2.24, 2.45) is 0 Å². The number of imidazole rings is 1. The van der Waals surface area contributed by atoms with Crippen LogP contribution in [-0.2, 0) is 4.79 Å². The van der Waals surface area contributed by atoms with E-state index in [0.29, 0.717) is 22.8 Å². The monoisotopic (exact) mass is 388 g/mol. The number of rotatable bonds is 6. The van der Waals surface area contributed by atoms with Gasteiger partial charge in [-0.3, -0.25) is 4.79 Å². The van der Waals surface area contributed by atoms with Crippen molar-refractivity contribution >= 4 is 22.9 Å². The van der Waals surface area contributed by atoms with Gasteiger partial charge in [0.05, 0.1) is 18.5 Å². The lowest BCUT2D eigenvalue weighted by molar-refractivity contribution is -0.118. The van der Waals surface area contributed by atoms with Gasteiger partial charge in [-0.1, -0.05) is 18.2 Å². The number of methoxy groups -OCH3 is 1. The molecule has 2 heterocycles. The summed E-state index contributed by atoms with van der Waals surface area (Å²) < 4.78 is 12.8. The average molecular weight is 388 g/mol. The number of benzene rings is 2.